The van der Waals surface area contributed by atoms with Crippen LogP contribution in [0.4, 0.5) is 5.69 Å². The Labute approximate surface area is 151 Å². The second-order valence-corrected chi connectivity index (χ2v) is 5.58. The Morgan fingerprint density at radius 2 is 1.28 bits per heavy atom. The van der Waals surface area contributed by atoms with Crippen molar-refractivity contribution in [3.05, 3.63) is 29.8 Å². The first kappa shape index (κ1) is 21.9. The average Bonchev–Trinajstić information content (AvgIpc) is 2.63. The molecule has 0 fully saturated rings. The second-order valence-electron chi connectivity index (χ2n) is 5.58. The molecule has 1 N–H and O–H groups in total. The van der Waals surface area contributed by atoms with Gasteiger partial charge in [-0.2, -0.15) is 0 Å². The molecule has 0 radical (unpaired) electrons. The summed E-state index contributed by atoms with van der Waals surface area (Å²) in [6.07, 6.45) is 0. The van der Waals surface area contributed by atoms with Gasteiger partial charge in [0.2, 0.25) is 0 Å². The molecule has 1 aromatic carbocycles. The first-order valence-corrected chi connectivity index (χ1v) is 9.01. The zero-order valence-corrected chi connectivity index (χ0v) is 15.6. The maximum Gasteiger partial charge on any atom is 0.0701 e. The molecule has 0 amide bonds. The molecule has 6 nitrogen and oxygen atoms in total. The maximum atomic E-state index is 8.65. The molecule has 0 aliphatic heterocycles. The Balaban J connectivity index is 2.31. The Hall–Kier alpha value is -1.18. The smallest absolute Gasteiger partial charge is 0.0701 e. The van der Waals surface area contributed by atoms with Crippen molar-refractivity contribution in [2.75, 3.05) is 77.5 Å². The fourth-order valence-electron chi connectivity index (χ4n) is 2.23. The van der Waals surface area contributed by atoms with E-state index >= 15 is 0 Å². The number of benzene rings is 1. The monoisotopic (exact) mass is 355 g/mol. The lowest BCUT2D eigenvalue weighted by atomic mass is 10.2. The van der Waals surface area contributed by atoms with E-state index in [0.29, 0.717) is 46.2 Å². The van der Waals surface area contributed by atoms with Crippen LogP contribution in [0.3, 0.4) is 0 Å². The first-order chi connectivity index (χ1) is 12.3. The lowest BCUT2D eigenvalue weighted by Crippen LogP contribution is -2.31. The fourth-order valence-corrected chi connectivity index (χ4v) is 2.23. The van der Waals surface area contributed by atoms with E-state index in [1.54, 1.807) is 0 Å². The van der Waals surface area contributed by atoms with Crippen LogP contribution in [-0.2, 0) is 18.9 Å². The molecule has 0 aliphatic rings. The predicted molar refractivity (Wildman–Crippen MR) is 99.4 cm³/mol. The number of nitrogens with zero attached hydrogens (tertiary/aromatic N) is 1. The van der Waals surface area contributed by atoms with E-state index in [0.717, 1.165) is 19.7 Å². The lowest BCUT2D eigenvalue weighted by molar-refractivity contribution is 0.0343. The van der Waals surface area contributed by atoms with Crippen molar-refractivity contribution in [3.8, 4) is 0 Å². The van der Waals surface area contributed by atoms with Crippen molar-refractivity contribution in [1.29, 1.82) is 0 Å². The van der Waals surface area contributed by atoms with Crippen LogP contribution in [0.1, 0.15) is 12.5 Å². The van der Waals surface area contributed by atoms with Gasteiger partial charge >= 0.3 is 0 Å². The van der Waals surface area contributed by atoms with Gasteiger partial charge in [0.05, 0.1) is 52.9 Å². The van der Waals surface area contributed by atoms with Gasteiger partial charge in [-0.3, -0.25) is 0 Å². The highest BCUT2D eigenvalue weighted by Crippen LogP contribution is 2.14. The standard InChI is InChI=1S/C19H33NO5/c1-3-22-14-15-23-11-8-20(19-6-4-18(2)5-7-19)9-12-24-16-17-25-13-10-21/h4-7,21H,3,8-17H2,1-2H3. The average molecular weight is 355 g/mol. The van der Waals surface area contributed by atoms with Crippen molar-refractivity contribution in [2.45, 2.75) is 13.8 Å². The van der Waals surface area contributed by atoms with E-state index in [1.165, 1.54) is 11.3 Å². The zero-order valence-electron chi connectivity index (χ0n) is 15.6. The number of aryl methyl sites for hydroxylation is 1. The van der Waals surface area contributed by atoms with E-state index < -0.39 is 0 Å². The third-order valence-corrected chi connectivity index (χ3v) is 3.59. The number of aliphatic hydroxyl groups is 1. The number of anilines is 1. The van der Waals surface area contributed by atoms with Crippen LogP contribution >= 0.6 is 0 Å². The minimum atomic E-state index is 0.0461. The molecule has 0 heterocycles. The predicted octanol–water partition coefficient (Wildman–Crippen LogP) is 1.88. The molecule has 144 valence electrons. The van der Waals surface area contributed by atoms with Gasteiger partial charge in [0.1, 0.15) is 0 Å². The Kier molecular flexibility index (Phi) is 13.2. The summed E-state index contributed by atoms with van der Waals surface area (Å²) >= 11 is 0. The van der Waals surface area contributed by atoms with Crippen LogP contribution in [0.25, 0.3) is 0 Å². The fraction of sp³-hybridized carbons (Fsp3) is 0.684. The molecule has 1 aromatic rings. The highest BCUT2D eigenvalue weighted by molar-refractivity contribution is 5.47. The number of hydrogen-bond donors (Lipinski definition) is 1. The minimum Gasteiger partial charge on any atom is -0.394 e. The van der Waals surface area contributed by atoms with E-state index in [-0.39, 0.29) is 6.61 Å². The van der Waals surface area contributed by atoms with E-state index in [2.05, 4.69) is 36.1 Å². The normalized spacial score (nSPS) is 11.0. The molecule has 0 saturated heterocycles. The summed E-state index contributed by atoms with van der Waals surface area (Å²) in [5, 5.41) is 8.65. The zero-order chi connectivity index (χ0) is 18.2. The molecule has 0 atom stereocenters. The number of rotatable bonds is 16. The molecular formula is C19H33NO5. The van der Waals surface area contributed by atoms with Crippen LogP contribution in [0.5, 0.6) is 0 Å². The van der Waals surface area contributed by atoms with Crippen LogP contribution in [0.2, 0.25) is 0 Å². The number of aliphatic hydroxyl groups excluding tert-OH is 1. The summed E-state index contributed by atoms with van der Waals surface area (Å²) in [6.45, 7) is 10.4. The molecule has 25 heavy (non-hydrogen) atoms. The van der Waals surface area contributed by atoms with Gasteiger partial charge in [-0.15, -0.1) is 0 Å². The third kappa shape index (κ3) is 11.1. The second kappa shape index (κ2) is 15.1. The highest BCUT2D eigenvalue weighted by Gasteiger charge is 2.06. The largest absolute Gasteiger partial charge is 0.394 e. The van der Waals surface area contributed by atoms with Crippen LogP contribution in [0, 0.1) is 6.92 Å². The Bertz CT molecular complexity index is 413. The van der Waals surface area contributed by atoms with Crippen molar-refractivity contribution < 1.29 is 24.1 Å². The third-order valence-electron chi connectivity index (χ3n) is 3.59. The molecule has 1 rings (SSSR count). The van der Waals surface area contributed by atoms with Crippen LogP contribution < -0.4 is 4.90 Å². The highest BCUT2D eigenvalue weighted by atomic mass is 16.5. The summed E-state index contributed by atoms with van der Waals surface area (Å²) < 4.78 is 21.7. The summed E-state index contributed by atoms with van der Waals surface area (Å²) in [5.41, 5.74) is 2.41. The molecule has 0 spiro atoms. The molecule has 0 unspecified atom stereocenters. The molecule has 6 heteroatoms. The summed E-state index contributed by atoms with van der Waals surface area (Å²) in [6, 6.07) is 8.48. The van der Waals surface area contributed by atoms with E-state index in [9.17, 15) is 0 Å². The van der Waals surface area contributed by atoms with Crippen molar-refractivity contribution >= 4 is 5.69 Å². The molecule has 0 aromatic heterocycles. The summed E-state index contributed by atoms with van der Waals surface area (Å²) in [5.74, 6) is 0. The SMILES string of the molecule is CCOCCOCCN(CCOCCOCCO)c1ccc(C)cc1. The Morgan fingerprint density at radius 3 is 1.80 bits per heavy atom. The minimum absolute atomic E-state index is 0.0461. The topological polar surface area (TPSA) is 60.4 Å². The van der Waals surface area contributed by atoms with Gasteiger partial charge in [0, 0.05) is 25.4 Å². The van der Waals surface area contributed by atoms with E-state index in [4.69, 9.17) is 24.1 Å². The summed E-state index contributed by atoms with van der Waals surface area (Å²) in [7, 11) is 0. The molecule has 0 saturated carbocycles. The lowest BCUT2D eigenvalue weighted by Gasteiger charge is -2.25. The summed E-state index contributed by atoms with van der Waals surface area (Å²) in [4.78, 5) is 2.26. The first-order valence-electron chi connectivity index (χ1n) is 9.01. The van der Waals surface area contributed by atoms with Crippen molar-refractivity contribution in [2.24, 2.45) is 0 Å². The molecule has 0 aliphatic carbocycles. The molecule has 0 bridgehead atoms. The maximum absolute atomic E-state index is 8.65. The van der Waals surface area contributed by atoms with Gasteiger partial charge < -0.3 is 29.0 Å². The van der Waals surface area contributed by atoms with Gasteiger partial charge in [0.15, 0.2) is 0 Å². The van der Waals surface area contributed by atoms with Crippen molar-refractivity contribution in [1.82, 2.24) is 0 Å². The van der Waals surface area contributed by atoms with Gasteiger partial charge in [-0.1, -0.05) is 17.7 Å². The number of hydrogen-bond acceptors (Lipinski definition) is 6. The Morgan fingerprint density at radius 1 is 0.760 bits per heavy atom. The quantitative estimate of drug-likeness (QED) is 0.457. The van der Waals surface area contributed by atoms with Crippen LogP contribution in [0.15, 0.2) is 24.3 Å². The van der Waals surface area contributed by atoms with Crippen LogP contribution in [-0.4, -0.2) is 77.7 Å². The molecular weight excluding hydrogens is 322 g/mol. The van der Waals surface area contributed by atoms with Gasteiger partial charge in [-0.25, -0.2) is 0 Å². The van der Waals surface area contributed by atoms with Gasteiger partial charge in [-0.05, 0) is 26.0 Å². The van der Waals surface area contributed by atoms with Crippen molar-refractivity contribution in [3.63, 3.8) is 0 Å². The number of ether oxygens (including phenoxy) is 4. The van der Waals surface area contributed by atoms with E-state index in [1.807, 2.05) is 6.92 Å². The van der Waals surface area contributed by atoms with Gasteiger partial charge in [0.25, 0.3) is 0 Å².